The molecule has 9 heteroatoms. The van der Waals surface area contributed by atoms with Gasteiger partial charge in [-0.2, -0.15) is 5.26 Å². The van der Waals surface area contributed by atoms with E-state index in [9.17, 15) is 23.6 Å². The van der Waals surface area contributed by atoms with Gasteiger partial charge in [-0.1, -0.05) is 6.42 Å². The fraction of sp³-hybridized carbons (Fsp3) is 0.652. The van der Waals surface area contributed by atoms with Crippen LogP contribution in [0.4, 0.5) is 13.6 Å². The molecule has 172 valence electrons. The first-order chi connectivity index (χ1) is 15.2. The second-order valence-corrected chi connectivity index (χ2v) is 9.62. The summed E-state index contributed by atoms with van der Waals surface area (Å²) in [5, 5.41) is 14.4. The summed E-state index contributed by atoms with van der Waals surface area (Å²) in [4.78, 5) is 31.1. The highest BCUT2D eigenvalue weighted by Crippen LogP contribution is 2.48. The van der Waals surface area contributed by atoms with E-state index in [-0.39, 0.29) is 0 Å². The Labute approximate surface area is 186 Å². The molecule has 1 aliphatic heterocycles. The Balaban J connectivity index is 1.41. The number of piperidine rings is 1. The van der Waals surface area contributed by atoms with E-state index in [2.05, 4.69) is 15.6 Å². The molecule has 0 bridgehead atoms. The first-order valence-corrected chi connectivity index (χ1v) is 11.3. The van der Waals surface area contributed by atoms with E-state index in [1.807, 2.05) is 6.07 Å². The number of carbonyl (C=O) groups excluding carboxylic acids is 2. The van der Waals surface area contributed by atoms with Crippen LogP contribution in [0.15, 0.2) is 24.5 Å². The molecule has 7 nitrogen and oxygen atoms in total. The molecule has 1 aromatic rings. The molecular weight excluding hydrogens is 416 g/mol. The minimum atomic E-state index is -3.22. The molecule has 4 rings (SSSR count). The zero-order valence-electron chi connectivity index (χ0n) is 18.1. The number of halogens is 2. The van der Waals surface area contributed by atoms with Crippen molar-refractivity contribution < 1.29 is 18.4 Å². The number of nitriles is 1. The number of rotatable bonds is 7. The predicted octanol–water partition coefficient (Wildman–Crippen LogP) is 3.17. The van der Waals surface area contributed by atoms with Crippen LogP contribution in [0.5, 0.6) is 0 Å². The molecule has 2 aliphatic carbocycles. The molecule has 1 atom stereocenters. The summed E-state index contributed by atoms with van der Waals surface area (Å²) < 4.78 is 29.7. The molecule has 1 saturated heterocycles. The number of nitrogens with zero attached hydrogens (tertiary/aromatic N) is 3. The van der Waals surface area contributed by atoms with E-state index in [4.69, 9.17) is 0 Å². The largest absolute Gasteiger partial charge is 0.336 e. The van der Waals surface area contributed by atoms with Crippen molar-refractivity contribution in [2.75, 3.05) is 13.1 Å². The van der Waals surface area contributed by atoms with Gasteiger partial charge in [0.2, 0.25) is 5.91 Å². The Morgan fingerprint density at radius 2 is 1.81 bits per heavy atom. The van der Waals surface area contributed by atoms with E-state index in [0.29, 0.717) is 36.9 Å². The van der Waals surface area contributed by atoms with Crippen molar-refractivity contribution in [3.63, 3.8) is 0 Å². The summed E-state index contributed by atoms with van der Waals surface area (Å²) in [6, 6.07) is 3.11. The minimum absolute atomic E-state index is 0.344. The number of likely N-dealkylation sites (tertiary alicyclic amines) is 1. The molecule has 1 spiro atoms. The van der Waals surface area contributed by atoms with Crippen molar-refractivity contribution in [3.8, 4) is 6.07 Å². The van der Waals surface area contributed by atoms with Crippen LogP contribution in [0.25, 0.3) is 0 Å². The third-order valence-electron chi connectivity index (χ3n) is 7.18. The Hall–Kier alpha value is -2.76. The molecule has 0 aromatic carbocycles. The monoisotopic (exact) mass is 445 g/mol. The molecular formula is C23H29F2N5O2. The van der Waals surface area contributed by atoms with Crippen LogP contribution < -0.4 is 10.6 Å². The second kappa shape index (κ2) is 8.64. The van der Waals surface area contributed by atoms with Gasteiger partial charge in [0.15, 0.2) is 0 Å². The van der Waals surface area contributed by atoms with Gasteiger partial charge in [-0.05, 0) is 61.6 Å². The Morgan fingerprint density at radius 1 is 1.16 bits per heavy atom. The van der Waals surface area contributed by atoms with Gasteiger partial charge in [0.1, 0.15) is 11.6 Å². The van der Waals surface area contributed by atoms with Crippen LogP contribution >= 0.6 is 0 Å². The highest BCUT2D eigenvalue weighted by atomic mass is 19.3. The molecule has 2 saturated carbocycles. The first kappa shape index (κ1) is 22.4. The molecule has 0 unspecified atom stereocenters. The van der Waals surface area contributed by atoms with Crippen LogP contribution in [-0.2, 0) is 11.2 Å². The predicted molar refractivity (Wildman–Crippen MR) is 113 cm³/mol. The maximum atomic E-state index is 14.9. The third-order valence-corrected chi connectivity index (χ3v) is 7.18. The van der Waals surface area contributed by atoms with Crippen molar-refractivity contribution in [2.24, 2.45) is 5.41 Å². The summed E-state index contributed by atoms with van der Waals surface area (Å²) in [5.74, 6) is -3.96. The highest BCUT2D eigenvalue weighted by Gasteiger charge is 2.47. The summed E-state index contributed by atoms with van der Waals surface area (Å²) >= 11 is 0. The second-order valence-electron chi connectivity index (χ2n) is 9.62. The number of alkyl halides is 2. The molecule has 1 aromatic heterocycles. The fourth-order valence-electron chi connectivity index (χ4n) is 4.69. The lowest BCUT2D eigenvalue weighted by Gasteiger charge is -2.48. The number of carbonyl (C=O) groups is 2. The topological polar surface area (TPSA) is 98.1 Å². The van der Waals surface area contributed by atoms with Gasteiger partial charge < -0.3 is 15.5 Å². The van der Waals surface area contributed by atoms with E-state index < -0.39 is 42.3 Å². The number of aromatic nitrogens is 1. The molecule has 3 fully saturated rings. The van der Waals surface area contributed by atoms with Gasteiger partial charge in [-0.3, -0.25) is 9.78 Å². The molecule has 2 heterocycles. The molecule has 2 N–H and O–H groups in total. The lowest BCUT2D eigenvalue weighted by atomic mass is 9.63. The minimum Gasteiger partial charge on any atom is -0.336 e. The lowest BCUT2D eigenvalue weighted by Crippen LogP contribution is -2.56. The number of hydrogen-bond donors (Lipinski definition) is 2. The maximum Gasteiger partial charge on any atom is 0.318 e. The standard InChI is InChI=1S/C23H29F2N5O2/c24-23(25,14-17-2-10-27-11-3-17)15-18(19(31)29-22(16-26)6-7-22)28-20(32)30-12-8-21(9-13-30)4-1-5-21/h2-3,10-11,18H,1,4-9,12-15H2,(H,28,32)(H,29,31)/t18-/m0/s1. The van der Waals surface area contributed by atoms with Crippen molar-refractivity contribution in [2.45, 2.75) is 75.3 Å². The zero-order valence-corrected chi connectivity index (χ0v) is 18.1. The molecule has 3 aliphatic rings. The van der Waals surface area contributed by atoms with E-state index in [0.717, 1.165) is 12.8 Å². The maximum absolute atomic E-state index is 14.9. The third kappa shape index (κ3) is 5.17. The summed E-state index contributed by atoms with van der Waals surface area (Å²) in [6.45, 7) is 1.13. The van der Waals surface area contributed by atoms with Crippen LogP contribution in [0.2, 0.25) is 0 Å². The van der Waals surface area contributed by atoms with Gasteiger partial charge in [0.05, 0.1) is 6.07 Å². The molecule has 3 amide bonds. The summed E-state index contributed by atoms with van der Waals surface area (Å²) in [6.07, 6.45) is 7.85. The van der Waals surface area contributed by atoms with Crippen LogP contribution in [0.3, 0.4) is 0 Å². The first-order valence-electron chi connectivity index (χ1n) is 11.3. The van der Waals surface area contributed by atoms with Gasteiger partial charge >= 0.3 is 6.03 Å². The SMILES string of the molecule is N#CC1(NC(=O)[C@H](CC(F)(F)Cc2ccncc2)NC(=O)N2CCC3(CCC3)CC2)CC1. The van der Waals surface area contributed by atoms with Gasteiger partial charge in [0, 0.05) is 38.3 Å². The smallest absolute Gasteiger partial charge is 0.318 e. The van der Waals surface area contributed by atoms with Crippen molar-refractivity contribution in [1.82, 2.24) is 20.5 Å². The van der Waals surface area contributed by atoms with Crippen LogP contribution in [-0.4, -0.2) is 52.4 Å². The number of urea groups is 1. The van der Waals surface area contributed by atoms with E-state index >= 15 is 0 Å². The highest BCUT2D eigenvalue weighted by molar-refractivity contribution is 5.88. The number of nitrogens with one attached hydrogen (secondary N) is 2. The van der Waals surface area contributed by atoms with Crippen LogP contribution in [0, 0.1) is 16.7 Å². The van der Waals surface area contributed by atoms with Gasteiger partial charge in [0.25, 0.3) is 5.92 Å². The average Bonchev–Trinajstić information content (AvgIpc) is 3.52. The van der Waals surface area contributed by atoms with E-state index in [1.165, 1.54) is 43.8 Å². The van der Waals surface area contributed by atoms with Crippen LogP contribution in [0.1, 0.15) is 56.9 Å². The Kier molecular flexibility index (Phi) is 6.06. The van der Waals surface area contributed by atoms with Crippen molar-refractivity contribution >= 4 is 11.9 Å². The Bertz CT molecular complexity index is 883. The van der Waals surface area contributed by atoms with Crippen molar-refractivity contribution in [3.05, 3.63) is 30.1 Å². The molecule has 32 heavy (non-hydrogen) atoms. The fourth-order valence-corrected chi connectivity index (χ4v) is 4.69. The van der Waals surface area contributed by atoms with Gasteiger partial charge in [-0.15, -0.1) is 0 Å². The average molecular weight is 446 g/mol. The quantitative estimate of drug-likeness (QED) is 0.674. The van der Waals surface area contributed by atoms with E-state index in [1.54, 1.807) is 4.90 Å². The Morgan fingerprint density at radius 3 is 2.34 bits per heavy atom. The summed E-state index contributed by atoms with van der Waals surface area (Å²) in [7, 11) is 0. The van der Waals surface area contributed by atoms with Gasteiger partial charge in [-0.25, -0.2) is 13.6 Å². The zero-order chi connectivity index (χ0) is 22.8. The summed E-state index contributed by atoms with van der Waals surface area (Å²) in [5.41, 5.74) is -0.258. The lowest BCUT2D eigenvalue weighted by molar-refractivity contribution is -0.126. The number of amides is 3. The number of hydrogen-bond acceptors (Lipinski definition) is 4. The normalized spacial score (nSPS) is 21.7. The molecule has 0 radical (unpaired) electrons. The van der Waals surface area contributed by atoms with Crippen molar-refractivity contribution in [1.29, 1.82) is 5.26 Å². The number of pyridine rings is 1.